The van der Waals surface area contributed by atoms with Crippen LogP contribution in [0.5, 0.6) is 0 Å². The Morgan fingerprint density at radius 3 is 2.80 bits per heavy atom. The van der Waals surface area contributed by atoms with Gasteiger partial charge in [0, 0.05) is 30.8 Å². The zero-order valence-electron chi connectivity index (χ0n) is 16.1. The molecule has 2 fully saturated rings. The molecule has 0 radical (unpaired) electrons. The topological polar surface area (TPSA) is 105 Å². The maximum Gasteiger partial charge on any atom is 0.407 e. The summed E-state index contributed by atoms with van der Waals surface area (Å²) in [6.07, 6.45) is 1.56. The van der Waals surface area contributed by atoms with Crippen molar-refractivity contribution >= 4 is 17.8 Å². The highest BCUT2D eigenvalue weighted by Crippen LogP contribution is 2.38. The van der Waals surface area contributed by atoms with Crippen LogP contribution < -0.4 is 10.6 Å². The summed E-state index contributed by atoms with van der Waals surface area (Å²) in [5.41, 5.74) is 1.30. The maximum atomic E-state index is 13.2. The highest BCUT2D eigenvalue weighted by atomic mass is 19.2. The first-order valence-electron chi connectivity index (χ1n) is 9.84. The molecule has 1 aromatic carbocycles. The van der Waals surface area contributed by atoms with E-state index < -0.39 is 23.8 Å². The quantitative estimate of drug-likeness (QED) is 0.666. The van der Waals surface area contributed by atoms with E-state index in [1.807, 2.05) is 0 Å². The molecular weight excluding hydrogens is 398 g/mol. The van der Waals surface area contributed by atoms with Crippen molar-refractivity contribution in [2.45, 2.75) is 50.4 Å². The van der Waals surface area contributed by atoms with Gasteiger partial charge in [0.05, 0.1) is 0 Å². The maximum absolute atomic E-state index is 13.2. The second-order valence-electron chi connectivity index (χ2n) is 7.50. The van der Waals surface area contributed by atoms with Gasteiger partial charge in [0.15, 0.2) is 17.5 Å². The minimum absolute atomic E-state index is 0.0422. The molecule has 8 nitrogen and oxygen atoms in total. The van der Waals surface area contributed by atoms with Crippen molar-refractivity contribution in [2.75, 3.05) is 11.9 Å². The van der Waals surface area contributed by atoms with Crippen LogP contribution in [0, 0.1) is 11.6 Å². The number of rotatable bonds is 6. The van der Waals surface area contributed by atoms with Gasteiger partial charge in [0.1, 0.15) is 12.2 Å². The first-order chi connectivity index (χ1) is 14.5. The van der Waals surface area contributed by atoms with Crippen LogP contribution in [0.1, 0.15) is 42.9 Å². The number of hydrogen-bond acceptors (Lipinski definition) is 5. The number of H-pyrrole nitrogens is 1. The van der Waals surface area contributed by atoms with E-state index in [0.29, 0.717) is 37.3 Å². The third kappa shape index (κ3) is 4.76. The van der Waals surface area contributed by atoms with Crippen LogP contribution >= 0.6 is 0 Å². The molecule has 1 atom stereocenters. The second kappa shape index (κ2) is 8.78. The van der Waals surface area contributed by atoms with Crippen LogP contribution in [0.2, 0.25) is 0 Å². The minimum atomic E-state index is -0.963. The largest absolute Gasteiger partial charge is 0.446 e. The molecule has 160 valence electrons. The average Bonchev–Trinajstić information content (AvgIpc) is 3.37. The summed E-state index contributed by atoms with van der Waals surface area (Å²) in [4.78, 5) is 23.9. The van der Waals surface area contributed by atoms with Gasteiger partial charge in [-0.15, -0.1) is 0 Å². The lowest BCUT2D eigenvalue weighted by atomic mass is 9.80. The summed E-state index contributed by atoms with van der Waals surface area (Å²) >= 11 is 0. The van der Waals surface area contributed by atoms with E-state index in [4.69, 9.17) is 9.47 Å². The molecule has 1 aliphatic heterocycles. The van der Waals surface area contributed by atoms with Crippen LogP contribution in [0.4, 0.5) is 19.4 Å². The fraction of sp³-hybridized carbons (Fsp3) is 0.450. The van der Waals surface area contributed by atoms with Crippen molar-refractivity contribution in [1.82, 2.24) is 15.5 Å². The van der Waals surface area contributed by atoms with Crippen molar-refractivity contribution in [3.05, 3.63) is 47.2 Å². The molecule has 2 aliphatic rings. The molecule has 1 saturated carbocycles. The van der Waals surface area contributed by atoms with Crippen molar-refractivity contribution < 1.29 is 27.8 Å². The van der Waals surface area contributed by atoms with Gasteiger partial charge < -0.3 is 20.1 Å². The SMILES string of the molecule is O=C(NCc1ccc(F)c(F)c1)O[C@H]1C[C@@H](c2cc(NC(=O)[C@H]3CCCO3)n[nH]2)C1. The molecule has 0 bridgehead atoms. The van der Waals surface area contributed by atoms with E-state index in [1.54, 1.807) is 6.07 Å². The lowest BCUT2D eigenvalue weighted by Gasteiger charge is -2.33. The first-order valence-corrected chi connectivity index (χ1v) is 9.84. The molecule has 0 unspecified atom stereocenters. The number of aromatic nitrogens is 2. The molecule has 4 rings (SSSR count). The fourth-order valence-corrected chi connectivity index (χ4v) is 3.53. The van der Waals surface area contributed by atoms with Crippen molar-refractivity contribution in [1.29, 1.82) is 0 Å². The van der Waals surface area contributed by atoms with Crippen LogP contribution in [0.15, 0.2) is 24.3 Å². The van der Waals surface area contributed by atoms with E-state index in [2.05, 4.69) is 20.8 Å². The lowest BCUT2D eigenvalue weighted by Crippen LogP contribution is -2.36. The van der Waals surface area contributed by atoms with Crippen molar-refractivity contribution in [3.8, 4) is 0 Å². The number of nitrogens with one attached hydrogen (secondary N) is 3. The molecule has 2 aromatic rings. The number of ether oxygens (including phenoxy) is 2. The number of amides is 2. The summed E-state index contributed by atoms with van der Waals surface area (Å²) in [5, 5.41) is 12.3. The number of hydrogen-bond donors (Lipinski definition) is 3. The predicted octanol–water partition coefficient (Wildman–Crippen LogP) is 2.98. The van der Waals surface area contributed by atoms with Gasteiger partial charge in [0.25, 0.3) is 5.91 Å². The summed E-state index contributed by atoms with van der Waals surface area (Å²) in [6.45, 7) is 0.641. The van der Waals surface area contributed by atoms with E-state index in [0.717, 1.165) is 24.2 Å². The average molecular weight is 420 g/mol. The molecule has 1 aliphatic carbocycles. The Hall–Kier alpha value is -3.01. The zero-order valence-corrected chi connectivity index (χ0v) is 16.1. The van der Waals surface area contributed by atoms with Gasteiger partial charge in [-0.05, 0) is 43.4 Å². The second-order valence-corrected chi connectivity index (χ2v) is 7.50. The van der Waals surface area contributed by atoms with Crippen molar-refractivity contribution in [3.63, 3.8) is 0 Å². The van der Waals surface area contributed by atoms with E-state index in [1.165, 1.54) is 6.07 Å². The number of halogens is 2. The van der Waals surface area contributed by atoms with Gasteiger partial charge in [-0.25, -0.2) is 13.6 Å². The van der Waals surface area contributed by atoms with Gasteiger partial charge in [-0.2, -0.15) is 5.10 Å². The summed E-state index contributed by atoms with van der Waals surface area (Å²) < 4.78 is 36.7. The summed E-state index contributed by atoms with van der Waals surface area (Å²) in [7, 11) is 0. The van der Waals surface area contributed by atoms with E-state index >= 15 is 0 Å². The summed E-state index contributed by atoms with van der Waals surface area (Å²) in [5.74, 6) is -1.50. The van der Waals surface area contributed by atoms with Crippen LogP contribution in [0.25, 0.3) is 0 Å². The first kappa shape index (κ1) is 20.3. The highest BCUT2D eigenvalue weighted by Gasteiger charge is 2.34. The van der Waals surface area contributed by atoms with Crippen LogP contribution in [-0.4, -0.2) is 41.0 Å². The monoisotopic (exact) mass is 420 g/mol. The molecule has 1 aromatic heterocycles. The molecule has 2 heterocycles. The third-order valence-corrected chi connectivity index (χ3v) is 5.30. The Labute approximate surface area is 171 Å². The van der Waals surface area contributed by atoms with Crippen LogP contribution in [-0.2, 0) is 20.8 Å². The molecular formula is C20H22F2N4O4. The van der Waals surface area contributed by atoms with Crippen LogP contribution in [0.3, 0.4) is 0 Å². The highest BCUT2D eigenvalue weighted by molar-refractivity contribution is 5.93. The molecule has 30 heavy (non-hydrogen) atoms. The van der Waals surface area contributed by atoms with E-state index in [9.17, 15) is 18.4 Å². The zero-order chi connectivity index (χ0) is 21.1. The standard InChI is InChI=1S/C20H22F2N4O4/c21-14-4-3-11(6-15(14)22)10-23-20(28)30-13-7-12(8-13)16-9-18(26-25-16)24-19(27)17-2-1-5-29-17/h3-4,6,9,12-13,17H,1-2,5,7-8,10H2,(H,23,28)(H2,24,25,26,27)/t12-,13+,17-/m1/s1. The Bertz CT molecular complexity index is 923. The Kier molecular flexibility index (Phi) is 5.93. The van der Waals surface area contributed by atoms with Gasteiger partial charge in [-0.3, -0.25) is 9.89 Å². The summed E-state index contributed by atoms with van der Waals surface area (Å²) in [6, 6.07) is 5.21. The number of carbonyl (C=O) groups is 2. The van der Waals surface area contributed by atoms with Gasteiger partial charge >= 0.3 is 6.09 Å². The number of aromatic amines is 1. The Morgan fingerprint density at radius 1 is 1.23 bits per heavy atom. The third-order valence-electron chi connectivity index (χ3n) is 5.30. The number of alkyl carbamates (subject to hydrolysis) is 1. The predicted molar refractivity (Wildman–Crippen MR) is 102 cm³/mol. The normalized spacial score (nSPS) is 22.9. The van der Waals surface area contributed by atoms with Gasteiger partial charge in [-0.1, -0.05) is 6.07 Å². The Morgan fingerprint density at radius 2 is 2.07 bits per heavy atom. The molecule has 1 saturated heterocycles. The lowest BCUT2D eigenvalue weighted by molar-refractivity contribution is -0.124. The number of nitrogens with zero attached hydrogens (tertiary/aromatic N) is 1. The molecule has 10 heteroatoms. The number of benzene rings is 1. The molecule has 0 spiro atoms. The fourth-order valence-electron chi connectivity index (χ4n) is 3.53. The number of anilines is 1. The van der Waals surface area contributed by atoms with E-state index in [-0.39, 0.29) is 24.5 Å². The van der Waals surface area contributed by atoms with Gasteiger partial charge in [0.2, 0.25) is 0 Å². The van der Waals surface area contributed by atoms with Crippen molar-refractivity contribution in [2.24, 2.45) is 0 Å². The minimum Gasteiger partial charge on any atom is -0.446 e. The number of carbonyl (C=O) groups excluding carboxylic acids is 2. The smallest absolute Gasteiger partial charge is 0.407 e. The molecule has 3 N–H and O–H groups in total. The molecule has 2 amide bonds. The Balaban J connectivity index is 1.18.